The summed E-state index contributed by atoms with van der Waals surface area (Å²) in [6.45, 7) is 8.79. The number of piperidine rings is 1. The van der Waals surface area contributed by atoms with Crippen molar-refractivity contribution in [2.24, 2.45) is 17.6 Å². The highest BCUT2D eigenvalue weighted by Gasteiger charge is 2.53. The van der Waals surface area contributed by atoms with E-state index in [9.17, 15) is 14.4 Å². The van der Waals surface area contributed by atoms with Gasteiger partial charge in [0, 0.05) is 35.3 Å². The maximum absolute atomic E-state index is 13.0. The van der Waals surface area contributed by atoms with E-state index in [4.69, 9.17) is 17.3 Å². The second kappa shape index (κ2) is 9.40. The number of aromatic nitrogens is 4. The summed E-state index contributed by atoms with van der Waals surface area (Å²) in [6.07, 6.45) is 5.72. The van der Waals surface area contributed by atoms with Gasteiger partial charge in [-0.1, -0.05) is 23.7 Å². The van der Waals surface area contributed by atoms with E-state index >= 15 is 0 Å². The number of hydrogen-bond donors (Lipinski definition) is 2. The van der Waals surface area contributed by atoms with Crippen molar-refractivity contribution < 1.29 is 14.4 Å². The number of nitrogens with zero attached hydrogens (tertiary/aromatic N) is 5. The minimum atomic E-state index is -0.498. The quantitative estimate of drug-likeness (QED) is 0.453. The van der Waals surface area contributed by atoms with Crippen LogP contribution in [0, 0.1) is 25.7 Å². The molecule has 6 rings (SSSR count). The van der Waals surface area contributed by atoms with Gasteiger partial charge in [0.2, 0.25) is 11.8 Å². The number of halogens is 1. The Morgan fingerprint density at radius 1 is 1.23 bits per heavy atom. The van der Waals surface area contributed by atoms with Gasteiger partial charge in [0.15, 0.2) is 5.69 Å². The summed E-state index contributed by atoms with van der Waals surface area (Å²) < 4.78 is 1.66. The topological polar surface area (TPSA) is 136 Å². The molecule has 40 heavy (non-hydrogen) atoms. The smallest absolute Gasteiger partial charge is 0.273 e. The van der Waals surface area contributed by atoms with Gasteiger partial charge in [-0.15, -0.1) is 5.10 Å². The predicted molar refractivity (Wildman–Crippen MR) is 149 cm³/mol. The number of nitrogens with two attached hydrogens (primary N) is 1. The molecule has 1 aliphatic heterocycles. The molecule has 2 aliphatic carbocycles. The molecule has 0 spiro atoms. The molecule has 3 heterocycles. The summed E-state index contributed by atoms with van der Waals surface area (Å²) in [7, 11) is 0. The van der Waals surface area contributed by atoms with Crippen LogP contribution in [0.2, 0.25) is 5.02 Å². The van der Waals surface area contributed by atoms with Gasteiger partial charge >= 0.3 is 0 Å². The zero-order chi connectivity index (χ0) is 28.5. The maximum atomic E-state index is 13.0. The molecule has 3 amide bonds. The van der Waals surface area contributed by atoms with E-state index in [1.165, 1.54) is 0 Å². The first kappa shape index (κ1) is 26.4. The number of nitrogens with one attached hydrogen (secondary N) is 1. The van der Waals surface area contributed by atoms with Crippen molar-refractivity contribution in [3.05, 3.63) is 69.1 Å². The van der Waals surface area contributed by atoms with E-state index in [-0.39, 0.29) is 40.9 Å². The molecular weight excluding hydrogens is 530 g/mol. The molecule has 1 aromatic carbocycles. The lowest BCUT2D eigenvalue weighted by Gasteiger charge is -2.46. The largest absolute Gasteiger partial charge is 0.366 e. The fraction of sp³-hybridized carbons (Fsp3) is 0.448. The normalized spacial score (nSPS) is 25.8. The minimum Gasteiger partial charge on any atom is -0.366 e. The Balaban J connectivity index is 1.12. The number of hydrogen-bond acceptors (Lipinski definition) is 6. The number of benzene rings is 1. The van der Waals surface area contributed by atoms with Gasteiger partial charge in [0.1, 0.15) is 5.82 Å². The van der Waals surface area contributed by atoms with Gasteiger partial charge in [-0.3, -0.25) is 19.3 Å². The van der Waals surface area contributed by atoms with Crippen LogP contribution in [0.1, 0.15) is 82.3 Å². The van der Waals surface area contributed by atoms with E-state index in [0.717, 1.165) is 41.0 Å². The molecule has 0 unspecified atom stereocenters. The van der Waals surface area contributed by atoms with Crippen LogP contribution >= 0.6 is 11.6 Å². The van der Waals surface area contributed by atoms with Crippen molar-refractivity contribution in [2.75, 3.05) is 11.4 Å². The average molecular weight is 562 g/mol. The van der Waals surface area contributed by atoms with Crippen LogP contribution in [0.25, 0.3) is 0 Å². The van der Waals surface area contributed by atoms with Crippen LogP contribution in [0.4, 0.5) is 5.82 Å². The van der Waals surface area contributed by atoms with Crippen LogP contribution in [-0.4, -0.2) is 50.3 Å². The Bertz CT molecular complexity index is 1560. The fourth-order valence-electron chi connectivity index (χ4n) is 6.42. The third kappa shape index (κ3) is 4.34. The number of pyridine rings is 1. The first-order valence-electron chi connectivity index (χ1n) is 13.6. The number of amides is 3. The number of fused-ring (bicyclic) bond motifs is 1. The molecule has 0 bridgehead atoms. The van der Waals surface area contributed by atoms with Crippen LogP contribution in [0.3, 0.4) is 0 Å². The maximum Gasteiger partial charge on any atom is 0.273 e. The summed E-state index contributed by atoms with van der Waals surface area (Å²) in [5, 5.41) is 11.9. The average Bonchev–Trinajstić information content (AvgIpc) is 3.35. The van der Waals surface area contributed by atoms with Crippen molar-refractivity contribution in [1.82, 2.24) is 25.3 Å². The lowest BCUT2D eigenvalue weighted by molar-refractivity contribution is -0.118. The molecule has 11 heteroatoms. The molecule has 208 valence electrons. The Hall–Kier alpha value is -3.79. The Morgan fingerprint density at radius 3 is 2.65 bits per heavy atom. The van der Waals surface area contributed by atoms with Crippen LogP contribution in [-0.2, 0) is 10.2 Å². The summed E-state index contributed by atoms with van der Waals surface area (Å²) in [5.74, 6) is 0.767. The first-order chi connectivity index (χ1) is 19.0. The summed E-state index contributed by atoms with van der Waals surface area (Å²) in [6, 6.07) is 4.79. The first-order valence-corrected chi connectivity index (χ1v) is 13.9. The highest BCUT2D eigenvalue weighted by Crippen LogP contribution is 2.48. The molecule has 3 aliphatic rings. The molecule has 2 saturated carbocycles. The van der Waals surface area contributed by atoms with Crippen LogP contribution < -0.4 is 16.0 Å². The molecule has 3 fully saturated rings. The fourth-order valence-corrected chi connectivity index (χ4v) is 6.59. The lowest BCUT2D eigenvalue weighted by Crippen LogP contribution is -2.52. The molecule has 3 N–H and O–H groups in total. The van der Waals surface area contributed by atoms with E-state index in [0.29, 0.717) is 29.3 Å². The lowest BCUT2D eigenvalue weighted by atomic mass is 9.62. The summed E-state index contributed by atoms with van der Waals surface area (Å²) in [5.41, 5.74) is 9.70. The van der Waals surface area contributed by atoms with E-state index in [2.05, 4.69) is 20.6 Å². The third-order valence-corrected chi connectivity index (χ3v) is 9.29. The van der Waals surface area contributed by atoms with Crippen molar-refractivity contribution in [3.63, 3.8) is 0 Å². The zero-order valence-electron chi connectivity index (χ0n) is 22.9. The Morgan fingerprint density at radius 2 is 1.98 bits per heavy atom. The van der Waals surface area contributed by atoms with Gasteiger partial charge in [-0.25, -0.2) is 9.67 Å². The van der Waals surface area contributed by atoms with Gasteiger partial charge in [0.25, 0.3) is 5.91 Å². The Labute approximate surface area is 237 Å². The van der Waals surface area contributed by atoms with Crippen LogP contribution in [0.5, 0.6) is 0 Å². The van der Waals surface area contributed by atoms with Crippen molar-refractivity contribution in [2.45, 2.75) is 64.5 Å². The number of carbonyl (C=O) groups excluding carboxylic acids is 3. The van der Waals surface area contributed by atoms with Gasteiger partial charge in [0.05, 0.1) is 12.2 Å². The SMILES string of the molecule is Cc1c([C@H](C)n2cc(C(=O)NC3CC(C)(c4cc(Cl)ccc4C(N)=O)C3)nn2)cnc(N2C[C@H]3C[C@H]3C2=O)c1C. The standard InChI is InChI=1S/C29H32ClN7O3/c1-14-15(2)26(36-12-17-7-21(17)28(36)40)32-11-22(14)16(3)37-13-24(34-35-37)27(39)33-19-9-29(4,10-19)23-8-18(30)5-6-20(23)25(31)38/h5-6,8,11,13,16-17,19,21H,7,9-10,12H2,1-4H3,(H2,31,38)(H,33,39)/t16-,17+,19?,21+,29?/m0/s1. The molecule has 3 aromatic rings. The molecule has 1 saturated heterocycles. The zero-order valence-corrected chi connectivity index (χ0v) is 23.7. The van der Waals surface area contributed by atoms with E-state index < -0.39 is 5.91 Å². The number of rotatable bonds is 7. The highest BCUT2D eigenvalue weighted by molar-refractivity contribution is 6.30. The monoisotopic (exact) mass is 561 g/mol. The molecule has 10 nitrogen and oxygen atoms in total. The number of primary amides is 1. The van der Waals surface area contributed by atoms with Gasteiger partial charge in [-0.2, -0.15) is 0 Å². The van der Waals surface area contributed by atoms with Crippen molar-refractivity contribution >= 4 is 35.1 Å². The van der Waals surface area contributed by atoms with Gasteiger partial charge in [-0.05, 0) is 91.8 Å². The van der Waals surface area contributed by atoms with Crippen LogP contribution in [0.15, 0.2) is 30.6 Å². The number of carbonyl (C=O) groups is 3. The highest BCUT2D eigenvalue weighted by atomic mass is 35.5. The van der Waals surface area contributed by atoms with Crippen molar-refractivity contribution in [3.8, 4) is 0 Å². The molecular formula is C29H32ClN7O3. The molecule has 3 atom stereocenters. The van der Waals surface area contributed by atoms with Gasteiger partial charge < -0.3 is 11.1 Å². The Kier molecular flexibility index (Phi) is 6.21. The summed E-state index contributed by atoms with van der Waals surface area (Å²) >= 11 is 6.19. The second-order valence-electron chi connectivity index (χ2n) is 11.8. The minimum absolute atomic E-state index is 0.0826. The van der Waals surface area contributed by atoms with Crippen molar-refractivity contribution in [1.29, 1.82) is 0 Å². The third-order valence-electron chi connectivity index (χ3n) is 9.05. The second-order valence-corrected chi connectivity index (χ2v) is 12.2. The summed E-state index contributed by atoms with van der Waals surface area (Å²) in [4.78, 5) is 44.0. The molecule has 0 radical (unpaired) electrons. The van der Waals surface area contributed by atoms with E-state index in [1.54, 1.807) is 35.3 Å². The van der Waals surface area contributed by atoms with E-state index in [1.807, 2.05) is 32.6 Å². The predicted octanol–water partition coefficient (Wildman–Crippen LogP) is 3.48. The molecule has 2 aromatic heterocycles. The number of anilines is 1.